The van der Waals surface area contributed by atoms with E-state index in [0.717, 1.165) is 11.3 Å². The molecular weight excluding hydrogens is 300 g/mol. The molecule has 0 saturated carbocycles. The molecule has 108 valence electrons. The van der Waals surface area contributed by atoms with Crippen LogP contribution in [0, 0.1) is 0 Å². The van der Waals surface area contributed by atoms with Crippen molar-refractivity contribution >= 4 is 32.3 Å². The average molecular weight is 314 g/mol. The summed E-state index contributed by atoms with van der Waals surface area (Å²) in [6, 6.07) is 1.57. The highest BCUT2D eigenvalue weighted by atomic mass is 32.2. The fourth-order valence-corrected chi connectivity index (χ4v) is 3.61. The number of nitrogens with one attached hydrogen (secondary N) is 2. The molecule has 0 radical (unpaired) electrons. The van der Waals surface area contributed by atoms with Gasteiger partial charge in [0.15, 0.2) is 0 Å². The molecule has 0 saturated heterocycles. The quantitative estimate of drug-likeness (QED) is 0.865. The number of carbonyl (C=O) groups excluding carboxylic acids is 1. The maximum atomic E-state index is 12.2. The van der Waals surface area contributed by atoms with Crippen LogP contribution in [-0.2, 0) is 16.6 Å². The van der Waals surface area contributed by atoms with Gasteiger partial charge in [0.05, 0.1) is 11.8 Å². The molecule has 0 bridgehead atoms. The highest BCUT2D eigenvalue weighted by molar-refractivity contribution is 7.93. The molecule has 20 heavy (non-hydrogen) atoms. The van der Waals surface area contributed by atoms with Crippen molar-refractivity contribution in [3.8, 4) is 0 Å². The van der Waals surface area contributed by atoms with Gasteiger partial charge in [-0.15, -0.1) is 11.3 Å². The standard InChI is InChI=1S/C11H14N4O3S2/c1-3-15-7-8(6-13-15)20(17,18)14-11-9(4-5-19-11)10(16)12-2/h4-7,14H,3H2,1-2H3,(H,12,16). The number of sulfonamides is 1. The third-order valence-electron chi connectivity index (χ3n) is 2.61. The smallest absolute Gasteiger partial charge is 0.265 e. The number of carbonyl (C=O) groups is 1. The van der Waals surface area contributed by atoms with E-state index in [9.17, 15) is 13.2 Å². The van der Waals surface area contributed by atoms with Gasteiger partial charge in [-0.1, -0.05) is 0 Å². The maximum Gasteiger partial charge on any atom is 0.265 e. The molecule has 2 aromatic rings. The summed E-state index contributed by atoms with van der Waals surface area (Å²) in [6.07, 6.45) is 2.72. The summed E-state index contributed by atoms with van der Waals surface area (Å²) in [5.41, 5.74) is 0.295. The van der Waals surface area contributed by atoms with Gasteiger partial charge < -0.3 is 5.32 Å². The molecule has 0 aromatic carbocycles. The summed E-state index contributed by atoms with van der Waals surface area (Å²) in [5, 5.41) is 8.32. The third-order valence-corrected chi connectivity index (χ3v) is 4.87. The number of hydrogen-bond donors (Lipinski definition) is 2. The predicted octanol–water partition coefficient (Wildman–Crippen LogP) is 1.12. The van der Waals surface area contributed by atoms with Crippen molar-refractivity contribution in [1.29, 1.82) is 0 Å². The molecule has 2 rings (SSSR count). The summed E-state index contributed by atoms with van der Waals surface area (Å²) < 4.78 is 28.3. The number of thiophene rings is 1. The van der Waals surface area contributed by atoms with E-state index < -0.39 is 10.0 Å². The first-order chi connectivity index (χ1) is 9.47. The Morgan fingerprint density at radius 2 is 2.25 bits per heavy atom. The number of rotatable bonds is 5. The summed E-state index contributed by atoms with van der Waals surface area (Å²) in [4.78, 5) is 11.7. The third kappa shape index (κ3) is 2.83. The number of anilines is 1. The highest BCUT2D eigenvalue weighted by Crippen LogP contribution is 2.26. The van der Waals surface area contributed by atoms with Gasteiger partial charge in [0.25, 0.3) is 15.9 Å². The van der Waals surface area contributed by atoms with E-state index in [2.05, 4.69) is 15.1 Å². The van der Waals surface area contributed by atoms with Gasteiger partial charge in [-0.25, -0.2) is 8.42 Å². The average Bonchev–Trinajstić information content (AvgIpc) is 3.06. The topological polar surface area (TPSA) is 93.1 Å². The number of aromatic nitrogens is 2. The molecule has 2 heterocycles. The molecule has 0 unspecified atom stereocenters. The molecule has 0 aliphatic rings. The van der Waals surface area contributed by atoms with Gasteiger partial charge in [-0.3, -0.25) is 14.2 Å². The molecule has 0 spiro atoms. The van der Waals surface area contributed by atoms with Gasteiger partial charge in [-0.05, 0) is 18.4 Å². The molecule has 2 N–H and O–H groups in total. The molecule has 0 fully saturated rings. The SMILES string of the molecule is CCn1cc(S(=O)(=O)Nc2sccc2C(=O)NC)cn1. The van der Waals surface area contributed by atoms with Gasteiger partial charge in [0.1, 0.15) is 9.90 Å². The number of hydrogen-bond acceptors (Lipinski definition) is 5. The van der Waals surface area contributed by atoms with Crippen molar-refractivity contribution in [3.63, 3.8) is 0 Å². The monoisotopic (exact) mass is 314 g/mol. The first kappa shape index (κ1) is 14.5. The summed E-state index contributed by atoms with van der Waals surface area (Å²) in [5.74, 6) is -0.340. The van der Waals surface area contributed by atoms with Crippen LogP contribution in [0.2, 0.25) is 0 Å². The van der Waals surface area contributed by atoms with E-state index in [1.54, 1.807) is 11.4 Å². The molecule has 0 aliphatic heterocycles. The lowest BCUT2D eigenvalue weighted by Gasteiger charge is -2.06. The van der Waals surface area contributed by atoms with Gasteiger partial charge >= 0.3 is 0 Å². The summed E-state index contributed by atoms with van der Waals surface area (Å²) >= 11 is 1.15. The van der Waals surface area contributed by atoms with Crippen LogP contribution in [0.1, 0.15) is 17.3 Å². The second-order valence-electron chi connectivity index (χ2n) is 3.88. The first-order valence-electron chi connectivity index (χ1n) is 5.82. The Labute approximate surface area is 120 Å². The molecule has 0 aliphatic carbocycles. The van der Waals surface area contributed by atoms with Crippen molar-refractivity contribution in [2.24, 2.45) is 0 Å². The van der Waals surface area contributed by atoms with Crippen LogP contribution in [0.4, 0.5) is 5.00 Å². The second kappa shape index (κ2) is 5.63. The molecule has 0 atom stereocenters. The number of amides is 1. The Morgan fingerprint density at radius 3 is 2.85 bits per heavy atom. The van der Waals surface area contributed by atoms with Crippen LogP contribution in [0.3, 0.4) is 0 Å². The van der Waals surface area contributed by atoms with Gasteiger partial charge in [0.2, 0.25) is 0 Å². The van der Waals surface area contributed by atoms with E-state index in [-0.39, 0.29) is 15.8 Å². The number of nitrogens with zero attached hydrogens (tertiary/aromatic N) is 2. The molecule has 9 heteroatoms. The largest absolute Gasteiger partial charge is 0.355 e. The second-order valence-corrected chi connectivity index (χ2v) is 6.48. The summed E-state index contributed by atoms with van der Waals surface area (Å²) in [7, 11) is -2.25. The molecule has 1 amide bonds. The molecule has 2 aromatic heterocycles. The van der Waals surface area contributed by atoms with Gasteiger partial charge in [0, 0.05) is 19.8 Å². The highest BCUT2D eigenvalue weighted by Gasteiger charge is 2.20. The zero-order valence-corrected chi connectivity index (χ0v) is 12.6. The van der Waals surface area contributed by atoms with Crippen LogP contribution in [-0.4, -0.2) is 31.2 Å². The number of aryl methyl sites for hydroxylation is 1. The van der Waals surface area contributed by atoms with Crippen molar-refractivity contribution in [2.45, 2.75) is 18.4 Å². The van der Waals surface area contributed by atoms with Crippen LogP contribution >= 0.6 is 11.3 Å². The zero-order valence-electron chi connectivity index (χ0n) is 11.0. The predicted molar refractivity (Wildman–Crippen MR) is 76.4 cm³/mol. The van der Waals surface area contributed by atoms with E-state index in [0.29, 0.717) is 12.1 Å². The lowest BCUT2D eigenvalue weighted by molar-refractivity contribution is 0.0964. The maximum absolute atomic E-state index is 12.2. The van der Waals surface area contributed by atoms with Crippen molar-refractivity contribution < 1.29 is 13.2 Å². The van der Waals surface area contributed by atoms with Crippen molar-refractivity contribution in [3.05, 3.63) is 29.4 Å². The molecular formula is C11H14N4O3S2. The van der Waals surface area contributed by atoms with Crippen LogP contribution in [0.5, 0.6) is 0 Å². The van der Waals surface area contributed by atoms with E-state index >= 15 is 0 Å². The minimum atomic E-state index is -3.74. The van der Waals surface area contributed by atoms with Crippen LogP contribution < -0.4 is 10.0 Å². The lowest BCUT2D eigenvalue weighted by atomic mass is 10.3. The van der Waals surface area contributed by atoms with Crippen LogP contribution in [0.15, 0.2) is 28.7 Å². The Balaban J connectivity index is 2.29. The fourth-order valence-electron chi connectivity index (χ4n) is 1.54. The fraction of sp³-hybridized carbons (Fsp3) is 0.273. The Kier molecular flexibility index (Phi) is 4.09. The zero-order chi connectivity index (χ0) is 14.8. The lowest BCUT2D eigenvalue weighted by Crippen LogP contribution is -2.20. The summed E-state index contributed by atoms with van der Waals surface area (Å²) in [6.45, 7) is 2.44. The molecule has 7 nitrogen and oxygen atoms in total. The van der Waals surface area contributed by atoms with Crippen molar-refractivity contribution in [2.75, 3.05) is 11.8 Å². The first-order valence-corrected chi connectivity index (χ1v) is 8.19. The van der Waals surface area contributed by atoms with E-state index in [1.807, 2.05) is 6.92 Å². The van der Waals surface area contributed by atoms with E-state index in [4.69, 9.17) is 0 Å². The van der Waals surface area contributed by atoms with Crippen molar-refractivity contribution in [1.82, 2.24) is 15.1 Å². The Bertz CT molecular complexity index is 718. The Hall–Kier alpha value is -1.87. The minimum absolute atomic E-state index is 0.0654. The van der Waals surface area contributed by atoms with Crippen LogP contribution in [0.25, 0.3) is 0 Å². The Morgan fingerprint density at radius 1 is 1.50 bits per heavy atom. The minimum Gasteiger partial charge on any atom is -0.355 e. The van der Waals surface area contributed by atoms with E-state index in [1.165, 1.54) is 24.1 Å². The van der Waals surface area contributed by atoms with Gasteiger partial charge in [-0.2, -0.15) is 5.10 Å². The normalized spacial score (nSPS) is 11.3.